The van der Waals surface area contributed by atoms with Crippen molar-refractivity contribution in [2.24, 2.45) is 0 Å². The van der Waals surface area contributed by atoms with Gasteiger partial charge < -0.3 is 5.32 Å². The fourth-order valence-electron chi connectivity index (χ4n) is 3.18. The van der Waals surface area contributed by atoms with E-state index in [1.807, 2.05) is 0 Å². The highest BCUT2D eigenvalue weighted by Crippen LogP contribution is 2.31. The van der Waals surface area contributed by atoms with E-state index in [1.54, 1.807) is 0 Å². The molecule has 112 valence electrons. The van der Waals surface area contributed by atoms with Crippen molar-refractivity contribution in [2.45, 2.75) is 52.5 Å². The van der Waals surface area contributed by atoms with E-state index in [2.05, 4.69) is 63.0 Å². The van der Waals surface area contributed by atoms with Crippen LogP contribution >= 0.6 is 0 Å². The van der Waals surface area contributed by atoms with Crippen molar-refractivity contribution >= 4 is 0 Å². The highest BCUT2D eigenvalue weighted by Gasteiger charge is 2.23. The lowest BCUT2D eigenvalue weighted by Crippen LogP contribution is -2.45. The maximum Gasteiger partial charge on any atom is 0.0349 e. The molecule has 1 heterocycles. The lowest BCUT2D eigenvalue weighted by molar-refractivity contribution is 0.169. The third kappa shape index (κ3) is 3.42. The van der Waals surface area contributed by atoms with Crippen LogP contribution in [0.5, 0.6) is 0 Å². The van der Waals surface area contributed by atoms with Gasteiger partial charge in [-0.2, -0.15) is 0 Å². The largest absolute Gasteiger partial charge is 0.314 e. The Morgan fingerprint density at radius 2 is 1.85 bits per heavy atom. The van der Waals surface area contributed by atoms with E-state index in [9.17, 15) is 0 Å². The molecule has 1 aromatic rings. The van der Waals surface area contributed by atoms with Crippen LogP contribution in [0.3, 0.4) is 0 Å². The van der Waals surface area contributed by atoms with Crippen LogP contribution in [0.25, 0.3) is 0 Å². The molecular weight excluding hydrogens is 244 g/mol. The number of aryl methyl sites for hydroxylation is 1. The maximum atomic E-state index is 3.45. The molecule has 2 rings (SSSR count). The Bertz CT molecular complexity index is 439. The molecule has 0 aromatic heterocycles. The van der Waals surface area contributed by atoms with Gasteiger partial charge in [0.25, 0.3) is 0 Å². The number of nitrogens with one attached hydrogen (secondary N) is 1. The summed E-state index contributed by atoms with van der Waals surface area (Å²) < 4.78 is 0. The second-order valence-electron chi connectivity index (χ2n) is 7.03. The monoisotopic (exact) mass is 274 g/mol. The van der Waals surface area contributed by atoms with Crippen molar-refractivity contribution in [3.8, 4) is 0 Å². The molecule has 0 spiro atoms. The van der Waals surface area contributed by atoms with Crippen molar-refractivity contribution < 1.29 is 0 Å². The zero-order valence-corrected chi connectivity index (χ0v) is 13.8. The van der Waals surface area contributed by atoms with E-state index < -0.39 is 0 Å². The van der Waals surface area contributed by atoms with E-state index in [0.717, 1.165) is 13.1 Å². The van der Waals surface area contributed by atoms with Gasteiger partial charge in [0.2, 0.25) is 0 Å². The van der Waals surface area contributed by atoms with Crippen LogP contribution in [0.1, 0.15) is 56.8 Å². The maximum absolute atomic E-state index is 3.45. The molecule has 1 N–H and O–H groups in total. The molecule has 1 aliphatic rings. The minimum absolute atomic E-state index is 0.236. The Labute approximate surface area is 124 Å². The first-order valence-corrected chi connectivity index (χ1v) is 7.99. The molecular formula is C18H30N2. The molecule has 2 heteroatoms. The molecule has 0 saturated carbocycles. The van der Waals surface area contributed by atoms with E-state index in [-0.39, 0.29) is 5.41 Å². The smallest absolute Gasteiger partial charge is 0.0349 e. The van der Waals surface area contributed by atoms with Crippen LogP contribution in [0.15, 0.2) is 18.2 Å². The van der Waals surface area contributed by atoms with Crippen LogP contribution in [0, 0.1) is 6.92 Å². The summed E-state index contributed by atoms with van der Waals surface area (Å²) >= 11 is 0. The van der Waals surface area contributed by atoms with E-state index in [1.165, 1.54) is 36.2 Å². The van der Waals surface area contributed by atoms with E-state index >= 15 is 0 Å². The quantitative estimate of drug-likeness (QED) is 0.905. The van der Waals surface area contributed by atoms with Gasteiger partial charge in [-0.1, -0.05) is 45.9 Å². The third-order valence-corrected chi connectivity index (χ3v) is 4.47. The van der Waals surface area contributed by atoms with Crippen LogP contribution < -0.4 is 5.32 Å². The molecule has 1 fully saturated rings. The average Bonchev–Trinajstić information content (AvgIpc) is 2.41. The summed E-state index contributed by atoms with van der Waals surface area (Å²) in [6, 6.07) is 7.66. The van der Waals surface area contributed by atoms with Crippen molar-refractivity contribution in [2.75, 3.05) is 26.2 Å². The zero-order chi connectivity index (χ0) is 14.8. The molecule has 0 amide bonds. The lowest BCUT2D eigenvalue weighted by atomic mass is 9.84. The van der Waals surface area contributed by atoms with Crippen LogP contribution in [-0.4, -0.2) is 31.1 Å². The number of hydrogen-bond acceptors (Lipinski definition) is 2. The summed E-state index contributed by atoms with van der Waals surface area (Å²) in [4.78, 5) is 2.63. The van der Waals surface area contributed by atoms with Gasteiger partial charge in [-0.3, -0.25) is 4.90 Å². The van der Waals surface area contributed by atoms with Crippen LogP contribution in [0.4, 0.5) is 0 Å². The predicted molar refractivity (Wildman–Crippen MR) is 87.4 cm³/mol. The van der Waals surface area contributed by atoms with Crippen molar-refractivity contribution in [1.82, 2.24) is 10.2 Å². The summed E-state index contributed by atoms with van der Waals surface area (Å²) in [5.41, 5.74) is 4.64. The van der Waals surface area contributed by atoms with Gasteiger partial charge in [-0.25, -0.2) is 0 Å². The van der Waals surface area contributed by atoms with Crippen molar-refractivity contribution in [3.05, 3.63) is 34.9 Å². The summed E-state index contributed by atoms with van der Waals surface area (Å²) in [7, 11) is 0. The first-order chi connectivity index (χ1) is 9.43. The van der Waals surface area contributed by atoms with Crippen molar-refractivity contribution in [3.63, 3.8) is 0 Å². The number of nitrogens with zero attached hydrogens (tertiary/aromatic N) is 1. The topological polar surface area (TPSA) is 15.3 Å². The zero-order valence-electron chi connectivity index (χ0n) is 13.8. The number of piperazine rings is 1. The SMILES string of the molecule is CCC(c1ccc(C(C)(C)C)cc1C)N1CCNCC1. The summed E-state index contributed by atoms with van der Waals surface area (Å²) in [6.45, 7) is 16.0. The first kappa shape index (κ1) is 15.5. The molecule has 1 aromatic carbocycles. The van der Waals surface area contributed by atoms with E-state index in [4.69, 9.17) is 0 Å². The normalized spacial score (nSPS) is 19.1. The molecule has 0 bridgehead atoms. The van der Waals surface area contributed by atoms with Crippen LogP contribution in [-0.2, 0) is 5.41 Å². The first-order valence-electron chi connectivity index (χ1n) is 7.99. The Balaban J connectivity index is 2.26. The fraction of sp³-hybridized carbons (Fsp3) is 0.667. The second kappa shape index (κ2) is 6.28. The van der Waals surface area contributed by atoms with Crippen molar-refractivity contribution in [1.29, 1.82) is 0 Å². The Kier molecular flexibility index (Phi) is 4.87. The minimum atomic E-state index is 0.236. The Morgan fingerprint density at radius 1 is 1.20 bits per heavy atom. The molecule has 0 radical (unpaired) electrons. The molecule has 0 aliphatic carbocycles. The third-order valence-electron chi connectivity index (χ3n) is 4.47. The summed E-state index contributed by atoms with van der Waals surface area (Å²) in [5, 5.41) is 3.45. The van der Waals surface area contributed by atoms with Gasteiger partial charge in [0.1, 0.15) is 0 Å². The number of rotatable bonds is 3. The highest BCUT2D eigenvalue weighted by molar-refractivity contribution is 5.36. The molecule has 1 atom stereocenters. The van der Waals surface area contributed by atoms with E-state index in [0.29, 0.717) is 6.04 Å². The fourth-order valence-corrected chi connectivity index (χ4v) is 3.18. The van der Waals surface area contributed by atoms with Gasteiger partial charge in [0, 0.05) is 32.2 Å². The van der Waals surface area contributed by atoms with Gasteiger partial charge in [-0.15, -0.1) is 0 Å². The Hall–Kier alpha value is -0.860. The van der Waals surface area contributed by atoms with Gasteiger partial charge in [-0.05, 0) is 35.4 Å². The molecule has 1 unspecified atom stereocenters. The molecule has 20 heavy (non-hydrogen) atoms. The Morgan fingerprint density at radius 3 is 2.35 bits per heavy atom. The van der Waals surface area contributed by atoms with Gasteiger partial charge in [0.15, 0.2) is 0 Å². The number of benzene rings is 1. The molecule has 1 aliphatic heterocycles. The predicted octanol–water partition coefficient (Wildman–Crippen LogP) is 3.65. The standard InChI is InChI=1S/C18H30N2/c1-6-17(20-11-9-19-10-12-20)16-8-7-15(13-14(16)2)18(3,4)5/h7-8,13,17,19H,6,9-12H2,1-5H3. The second-order valence-corrected chi connectivity index (χ2v) is 7.03. The summed E-state index contributed by atoms with van der Waals surface area (Å²) in [5.74, 6) is 0. The summed E-state index contributed by atoms with van der Waals surface area (Å²) in [6.07, 6.45) is 1.19. The molecule has 2 nitrogen and oxygen atoms in total. The number of hydrogen-bond donors (Lipinski definition) is 1. The van der Waals surface area contributed by atoms with Gasteiger partial charge >= 0.3 is 0 Å². The minimum Gasteiger partial charge on any atom is -0.314 e. The lowest BCUT2D eigenvalue weighted by Gasteiger charge is -2.35. The van der Waals surface area contributed by atoms with Gasteiger partial charge in [0.05, 0.1) is 0 Å². The van der Waals surface area contributed by atoms with Crippen LogP contribution in [0.2, 0.25) is 0 Å². The molecule has 1 saturated heterocycles. The highest BCUT2D eigenvalue weighted by atomic mass is 15.2. The average molecular weight is 274 g/mol.